The molecule has 0 aromatic carbocycles. The number of aromatic nitrogens is 1. The Morgan fingerprint density at radius 2 is 2.14 bits per heavy atom. The van der Waals surface area contributed by atoms with Crippen molar-refractivity contribution in [2.75, 3.05) is 38.6 Å². The minimum atomic E-state index is -3.34. The molecule has 118 valence electrons. The van der Waals surface area contributed by atoms with Crippen LogP contribution in [0, 0.1) is 6.92 Å². The molecule has 1 amide bonds. The van der Waals surface area contributed by atoms with E-state index in [0.717, 1.165) is 0 Å². The number of hydrogen-bond donors (Lipinski definition) is 1. The van der Waals surface area contributed by atoms with E-state index in [1.807, 2.05) is 0 Å². The van der Waals surface area contributed by atoms with E-state index in [9.17, 15) is 13.2 Å². The van der Waals surface area contributed by atoms with Crippen LogP contribution < -0.4 is 5.32 Å². The van der Waals surface area contributed by atoms with Crippen molar-refractivity contribution >= 4 is 15.9 Å². The van der Waals surface area contributed by atoms with Crippen LogP contribution in [0.5, 0.6) is 0 Å². The van der Waals surface area contributed by atoms with Gasteiger partial charge >= 0.3 is 0 Å². The number of nitrogens with zero attached hydrogens (tertiary/aromatic N) is 2. The summed E-state index contributed by atoms with van der Waals surface area (Å²) >= 11 is 0. The molecule has 21 heavy (non-hydrogen) atoms. The summed E-state index contributed by atoms with van der Waals surface area (Å²) in [6.45, 7) is 3.38. The van der Waals surface area contributed by atoms with E-state index >= 15 is 0 Å². The number of amides is 1. The van der Waals surface area contributed by atoms with Gasteiger partial charge in [-0.2, -0.15) is 4.31 Å². The number of aryl methyl sites for hydroxylation is 1. The summed E-state index contributed by atoms with van der Waals surface area (Å²) in [5.74, 6) is 0.240. The van der Waals surface area contributed by atoms with Gasteiger partial charge in [-0.25, -0.2) is 8.42 Å². The van der Waals surface area contributed by atoms with Crippen LogP contribution in [0.3, 0.4) is 0 Å². The number of rotatable bonds is 6. The lowest BCUT2D eigenvalue weighted by Crippen LogP contribution is -2.43. The summed E-state index contributed by atoms with van der Waals surface area (Å²) < 4.78 is 35.4. The first-order chi connectivity index (χ1) is 9.97. The molecule has 0 saturated carbocycles. The Bertz CT molecular complexity index is 577. The Morgan fingerprint density at radius 3 is 2.76 bits per heavy atom. The standard InChI is InChI=1S/C12H19N3O5S/c1-10-8-11(14-20-10)9-12(16)13-2-7-21(17,18)15-3-5-19-6-4-15/h8H,2-7,9H2,1H3,(H,13,16). The predicted octanol–water partition coefficient (Wildman–Crippen LogP) is -0.696. The summed E-state index contributed by atoms with van der Waals surface area (Å²) in [6, 6.07) is 1.67. The monoisotopic (exact) mass is 317 g/mol. The molecule has 2 heterocycles. The number of carbonyl (C=O) groups is 1. The quantitative estimate of drug-likeness (QED) is 0.745. The minimum Gasteiger partial charge on any atom is -0.379 e. The second kappa shape index (κ2) is 7.01. The lowest BCUT2D eigenvalue weighted by Gasteiger charge is -2.26. The van der Waals surface area contributed by atoms with Crippen LogP contribution in [-0.2, 0) is 26.0 Å². The van der Waals surface area contributed by atoms with Crippen molar-refractivity contribution in [3.63, 3.8) is 0 Å². The van der Waals surface area contributed by atoms with E-state index in [2.05, 4.69) is 10.5 Å². The third-order valence-corrected chi connectivity index (χ3v) is 4.94. The smallest absolute Gasteiger partial charge is 0.226 e. The van der Waals surface area contributed by atoms with Crippen molar-refractivity contribution in [2.24, 2.45) is 0 Å². The molecule has 1 aliphatic rings. The molecule has 0 bridgehead atoms. The van der Waals surface area contributed by atoms with E-state index in [-0.39, 0.29) is 24.6 Å². The third-order valence-electron chi connectivity index (χ3n) is 3.06. The van der Waals surface area contributed by atoms with Crippen LogP contribution in [0.2, 0.25) is 0 Å². The van der Waals surface area contributed by atoms with E-state index in [1.54, 1.807) is 13.0 Å². The van der Waals surface area contributed by atoms with Gasteiger partial charge in [-0.15, -0.1) is 0 Å². The zero-order chi connectivity index (χ0) is 15.3. The topological polar surface area (TPSA) is 102 Å². The van der Waals surface area contributed by atoms with E-state index in [0.29, 0.717) is 37.8 Å². The number of hydrogen-bond acceptors (Lipinski definition) is 6. The fourth-order valence-electron chi connectivity index (χ4n) is 2.00. The molecule has 0 spiro atoms. The van der Waals surface area contributed by atoms with Gasteiger partial charge in [-0.1, -0.05) is 5.16 Å². The van der Waals surface area contributed by atoms with Gasteiger partial charge in [0.05, 0.1) is 31.1 Å². The number of morpholine rings is 1. The molecule has 1 aromatic rings. The normalized spacial score (nSPS) is 16.8. The fraction of sp³-hybridized carbons (Fsp3) is 0.667. The molecule has 1 N–H and O–H groups in total. The molecular weight excluding hydrogens is 298 g/mol. The average Bonchev–Trinajstić information content (AvgIpc) is 2.85. The lowest BCUT2D eigenvalue weighted by molar-refractivity contribution is -0.120. The van der Waals surface area contributed by atoms with Crippen LogP contribution in [-0.4, -0.2) is 62.4 Å². The van der Waals surface area contributed by atoms with Crippen molar-refractivity contribution in [1.82, 2.24) is 14.8 Å². The first-order valence-corrected chi connectivity index (χ1v) is 8.33. The Hall–Kier alpha value is -1.45. The molecule has 0 radical (unpaired) electrons. The summed E-state index contributed by atoms with van der Waals surface area (Å²) in [4.78, 5) is 11.7. The van der Waals surface area contributed by atoms with E-state index < -0.39 is 10.0 Å². The van der Waals surface area contributed by atoms with Gasteiger partial charge in [0.15, 0.2) is 0 Å². The maximum absolute atomic E-state index is 12.0. The molecule has 2 rings (SSSR count). The lowest BCUT2D eigenvalue weighted by atomic mass is 10.3. The Morgan fingerprint density at radius 1 is 1.43 bits per heavy atom. The SMILES string of the molecule is Cc1cc(CC(=O)NCCS(=O)(=O)N2CCOCC2)no1. The summed E-state index contributed by atoms with van der Waals surface area (Å²) in [6.07, 6.45) is 0.0783. The first kappa shape index (κ1) is 15.9. The second-order valence-electron chi connectivity index (χ2n) is 4.78. The van der Waals surface area contributed by atoms with Crippen molar-refractivity contribution in [3.05, 3.63) is 17.5 Å². The van der Waals surface area contributed by atoms with Gasteiger partial charge in [0.25, 0.3) is 0 Å². The van der Waals surface area contributed by atoms with Crippen molar-refractivity contribution in [1.29, 1.82) is 0 Å². The summed E-state index contributed by atoms with van der Waals surface area (Å²) in [5, 5.41) is 6.29. The van der Waals surface area contributed by atoms with Crippen LogP contribution in [0.4, 0.5) is 0 Å². The van der Waals surface area contributed by atoms with E-state index in [1.165, 1.54) is 4.31 Å². The molecule has 1 saturated heterocycles. The zero-order valence-corrected chi connectivity index (χ0v) is 12.7. The highest BCUT2D eigenvalue weighted by Crippen LogP contribution is 2.05. The summed E-state index contributed by atoms with van der Waals surface area (Å²) in [5.41, 5.74) is 0.529. The van der Waals surface area contributed by atoms with Crippen molar-refractivity contribution in [3.8, 4) is 0 Å². The van der Waals surface area contributed by atoms with Crippen molar-refractivity contribution < 1.29 is 22.5 Å². The number of nitrogens with one attached hydrogen (secondary N) is 1. The highest BCUT2D eigenvalue weighted by Gasteiger charge is 2.23. The Kier molecular flexibility index (Phi) is 5.32. The minimum absolute atomic E-state index is 0.0783. The zero-order valence-electron chi connectivity index (χ0n) is 11.9. The Labute approximate surface area is 123 Å². The van der Waals surface area contributed by atoms with Crippen LogP contribution in [0.25, 0.3) is 0 Å². The van der Waals surface area contributed by atoms with Crippen molar-refractivity contribution in [2.45, 2.75) is 13.3 Å². The molecule has 1 aromatic heterocycles. The summed E-state index contributed by atoms with van der Waals surface area (Å²) in [7, 11) is -3.34. The van der Waals surface area contributed by atoms with Crippen LogP contribution in [0.15, 0.2) is 10.6 Å². The van der Waals surface area contributed by atoms with Gasteiger partial charge in [0, 0.05) is 25.7 Å². The maximum atomic E-state index is 12.0. The van der Waals surface area contributed by atoms with Gasteiger partial charge < -0.3 is 14.6 Å². The molecule has 9 heteroatoms. The second-order valence-corrected chi connectivity index (χ2v) is 6.87. The molecule has 0 unspecified atom stereocenters. The number of ether oxygens (including phenoxy) is 1. The molecule has 0 atom stereocenters. The highest BCUT2D eigenvalue weighted by molar-refractivity contribution is 7.89. The molecule has 0 aliphatic carbocycles. The van der Waals surface area contributed by atoms with Crippen LogP contribution >= 0.6 is 0 Å². The van der Waals surface area contributed by atoms with Gasteiger partial charge in [0.1, 0.15) is 5.76 Å². The average molecular weight is 317 g/mol. The maximum Gasteiger partial charge on any atom is 0.226 e. The number of sulfonamides is 1. The molecule has 8 nitrogen and oxygen atoms in total. The molecule has 1 fully saturated rings. The third kappa shape index (κ3) is 4.80. The first-order valence-electron chi connectivity index (χ1n) is 6.72. The predicted molar refractivity (Wildman–Crippen MR) is 74.1 cm³/mol. The Balaban J connectivity index is 1.74. The molecule has 1 aliphatic heterocycles. The van der Waals surface area contributed by atoms with Gasteiger partial charge in [-0.05, 0) is 6.92 Å². The van der Waals surface area contributed by atoms with Crippen LogP contribution in [0.1, 0.15) is 11.5 Å². The molecular formula is C12H19N3O5S. The van der Waals surface area contributed by atoms with Gasteiger partial charge in [0.2, 0.25) is 15.9 Å². The van der Waals surface area contributed by atoms with E-state index in [4.69, 9.17) is 9.26 Å². The number of carbonyl (C=O) groups excluding carboxylic acids is 1. The fourth-order valence-corrected chi connectivity index (χ4v) is 3.33. The largest absolute Gasteiger partial charge is 0.379 e. The highest BCUT2D eigenvalue weighted by atomic mass is 32.2. The van der Waals surface area contributed by atoms with Gasteiger partial charge in [-0.3, -0.25) is 4.79 Å².